The number of nitrogens with one attached hydrogen (secondary N) is 1. The molecule has 0 spiro atoms. The van der Waals surface area contributed by atoms with E-state index in [0.29, 0.717) is 11.5 Å². The Kier molecular flexibility index (Phi) is 3.52. The summed E-state index contributed by atoms with van der Waals surface area (Å²) in [6.45, 7) is 7.30. The molecule has 0 aliphatic heterocycles. The summed E-state index contributed by atoms with van der Waals surface area (Å²) in [7, 11) is 1.71. The van der Waals surface area contributed by atoms with Gasteiger partial charge in [0.15, 0.2) is 0 Å². The van der Waals surface area contributed by atoms with Gasteiger partial charge in [-0.1, -0.05) is 5.16 Å². The lowest BCUT2D eigenvalue weighted by molar-refractivity contribution is 0.0697. The normalized spacial score (nSPS) is 12.4. The van der Waals surface area contributed by atoms with Crippen LogP contribution in [0.4, 0.5) is 5.82 Å². The fourth-order valence-electron chi connectivity index (χ4n) is 2.47. The van der Waals surface area contributed by atoms with Gasteiger partial charge in [-0.25, -0.2) is 4.79 Å². The minimum atomic E-state index is -0.996. The van der Waals surface area contributed by atoms with Gasteiger partial charge in [-0.15, -0.1) is 0 Å². The molecule has 7 heteroatoms. The second-order valence-corrected chi connectivity index (χ2v) is 4.84. The number of hydrogen-bond acceptors (Lipinski definition) is 5. The van der Waals surface area contributed by atoms with Gasteiger partial charge in [0.05, 0.1) is 17.4 Å². The van der Waals surface area contributed by atoms with Crippen molar-refractivity contribution in [3.8, 4) is 0 Å². The van der Waals surface area contributed by atoms with Crippen molar-refractivity contribution in [3.05, 3.63) is 28.3 Å². The molecule has 0 bridgehead atoms. The van der Waals surface area contributed by atoms with Crippen molar-refractivity contribution in [1.82, 2.24) is 14.9 Å². The van der Waals surface area contributed by atoms with Crippen LogP contribution in [0.1, 0.15) is 46.0 Å². The summed E-state index contributed by atoms with van der Waals surface area (Å²) in [5, 5.41) is 20.5. The average Bonchev–Trinajstić information content (AvgIpc) is 2.80. The van der Waals surface area contributed by atoms with Gasteiger partial charge in [0, 0.05) is 12.6 Å². The predicted molar refractivity (Wildman–Crippen MR) is 72.9 cm³/mol. The Morgan fingerprint density at radius 1 is 1.35 bits per heavy atom. The zero-order valence-electron chi connectivity index (χ0n) is 12.2. The Labute approximate surface area is 116 Å². The third-order valence-corrected chi connectivity index (χ3v) is 3.31. The van der Waals surface area contributed by atoms with Gasteiger partial charge in [0.25, 0.3) is 0 Å². The van der Waals surface area contributed by atoms with Crippen molar-refractivity contribution >= 4 is 11.8 Å². The molecule has 0 aliphatic carbocycles. The number of rotatable bonds is 4. The highest BCUT2D eigenvalue weighted by Gasteiger charge is 2.23. The summed E-state index contributed by atoms with van der Waals surface area (Å²) >= 11 is 0. The van der Waals surface area contributed by atoms with Crippen LogP contribution < -0.4 is 5.32 Å². The lowest BCUT2D eigenvalue weighted by Gasteiger charge is -2.16. The largest absolute Gasteiger partial charge is 0.477 e. The Hall–Kier alpha value is -2.31. The third kappa shape index (κ3) is 2.26. The molecule has 2 aromatic rings. The zero-order valence-corrected chi connectivity index (χ0v) is 12.2. The number of aromatic nitrogens is 3. The number of carbonyl (C=O) groups is 1. The lowest BCUT2D eigenvalue weighted by Crippen LogP contribution is -2.14. The van der Waals surface area contributed by atoms with E-state index in [0.717, 1.165) is 17.0 Å². The number of aromatic carboxylic acids is 1. The summed E-state index contributed by atoms with van der Waals surface area (Å²) in [4.78, 5) is 11.3. The molecule has 2 heterocycles. The van der Waals surface area contributed by atoms with Crippen LogP contribution in [0.3, 0.4) is 0 Å². The highest BCUT2D eigenvalue weighted by molar-refractivity contribution is 5.94. The molecule has 20 heavy (non-hydrogen) atoms. The molecule has 1 unspecified atom stereocenters. The van der Waals surface area contributed by atoms with Gasteiger partial charge in [0.1, 0.15) is 17.1 Å². The van der Waals surface area contributed by atoms with E-state index in [9.17, 15) is 9.90 Å². The molecule has 0 aliphatic rings. The van der Waals surface area contributed by atoms with Gasteiger partial charge < -0.3 is 14.9 Å². The molecule has 1 atom stereocenters. The Morgan fingerprint density at radius 2 is 2.00 bits per heavy atom. The molecule has 0 fully saturated rings. The molecule has 2 rings (SSSR count). The molecule has 7 nitrogen and oxygen atoms in total. The first-order chi connectivity index (χ1) is 9.32. The van der Waals surface area contributed by atoms with Gasteiger partial charge >= 0.3 is 5.97 Å². The number of hydrogen-bond donors (Lipinski definition) is 2. The first-order valence-electron chi connectivity index (χ1n) is 6.29. The highest BCUT2D eigenvalue weighted by Crippen LogP contribution is 2.27. The molecule has 0 saturated heterocycles. The van der Waals surface area contributed by atoms with E-state index < -0.39 is 5.97 Å². The van der Waals surface area contributed by atoms with E-state index >= 15 is 0 Å². The Balaban J connectivity index is 2.38. The van der Waals surface area contributed by atoms with Crippen molar-refractivity contribution in [3.63, 3.8) is 0 Å². The van der Waals surface area contributed by atoms with Crippen LogP contribution in [0.2, 0.25) is 0 Å². The molecule has 0 radical (unpaired) electrons. The Morgan fingerprint density at radius 3 is 2.50 bits per heavy atom. The monoisotopic (exact) mass is 278 g/mol. The lowest BCUT2D eigenvalue weighted by atomic mass is 10.1. The van der Waals surface area contributed by atoms with Crippen molar-refractivity contribution in [2.45, 2.75) is 33.7 Å². The maximum Gasteiger partial charge on any atom is 0.341 e. The van der Waals surface area contributed by atoms with Gasteiger partial charge in [-0.3, -0.25) is 4.68 Å². The van der Waals surface area contributed by atoms with Crippen LogP contribution in [0.15, 0.2) is 4.52 Å². The van der Waals surface area contributed by atoms with Crippen LogP contribution >= 0.6 is 0 Å². The van der Waals surface area contributed by atoms with E-state index in [1.54, 1.807) is 14.0 Å². The van der Waals surface area contributed by atoms with Crippen LogP contribution in [-0.2, 0) is 7.05 Å². The van der Waals surface area contributed by atoms with Gasteiger partial charge in [-0.2, -0.15) is 5.10 Å². The summed E-state index contributed by atoms with van der Waals surface area (Å²) in [5.74, 6) is 0.199. The number of aryl methyl sites for hydroxylation is 4. The van der Waals surface area contributed by atoms with E-state index in [1.165, 1.54) is 4.68 Å². The zero-order chi connectivity index (χ0) is 15.0. The number of nitrogens with zero attached hydrogens (tertiary/aromatic N) is 3. The predicted octanol–water partition coefficient (Wildman–Crippen LogP) is 2.20. The van der Waals surface area contributed by atoms with E-state index in [1.807, 2.05) is 20.8 Å². The topological polar surface area (TPSA) is 93.2 Å². The summed E-state index contributed by atoms with van der Waals surface area (Å²) in [5.41, 5.74) is 2.39. The van der Waals surface area contributed by atoms with E-state index in [-0.39, 0.29) is 11.6 Å². The standard InChI is InChI=1S/C13H18N4O3/c1-6(10-8(3)16-20-9(10)4)14-12-11(13(18)19)7(2)15-17(12)5/h6,14H,1-5H3,(H,18,19). The fraction of sp³-hybridized carbons (Fsp3) is 0.462. The molecule has 0 saturated carbocycles. The molecular weight excluding hydrogens is 260 g/mol. The minimum Gasteiger partial charge on any atom is -0.477 e. The molecule has 0 aromatic carbocycles. The minimum absolute atomic E-state index is 0.130. The fourth-order valence-corrected chi connectivity index (χ4v) is 2.47. The van der Waals surface area contributed by atoms with Crippen LogP contribution in [0.25, 0.3) is 0 Å². The molecule has 2 N–H and O–H groups in total. The van der Waals surface area contributed by atoms with Gasteiger partial charge in [0.2, 0.25) is 0 Å². The van der Waals surface area contributed by atoms with Crippen LogP contribution in [-0.4, -0.2) is 26.0 Å². The third-order valence-electron chi connectivity index (χ3n) is 3.31. The maximum absolute atomic E-state index is 11.3. The average molecular weight is 278 g/mol. The SMILES string of the molecule is Cc1nn(C)c(NC(C)c2c(C)noc2C)c1C(=O)O. The second kappa shape index (κ2) is 4.99. The first-order valence-corrected chi connectivity index (χ1v) is 6.29. The molecular formula is C13H18N4O3. The maximum atomic E-state index is 11.3. The highest BCUT2D eigenvalue weighted by atomic mass is 16.5. The molecule has 108 valence electrons. The summed E-state index contributed by atoms with van der Waals surface area (Å²) in [6, 6.07) is -0.130. The van der Waals surface area contributed by atoms with Crippen LogP contribution in [0.5, 0.6) is 0 Å². The number of anilines is 1. The van der Waals surface area contributed by atoms with Crippen molar-refractivity contribution < 1.29 is 14.4 Å². The second-order valence-electron chi connectivity index (χ2n) is 4.84. The molecule has 2 aromatic heterocycles. The van der Waals surface area contributed by atoms with E-state index in [2.05, 4.69) is 15.6 Å². The first kappa shape index (κ1) is 14.1. The quantitative estimate of drug-likeness (QED) is 0.890. The van der Waals surface area contributed by atoms with E-state index in [4.69, 9.17) is 4.52 Å². The smallest absolute Gasteiger partial charge is 0.341 e. The van der Waals surface area contributed by atoms with Crippen molar-refractivity contribution in [2.75, 3.05) is 5.32 Å². The van der Waals surface area contributed by atoms with Crippen molar-refractivity contribution in [2.24, 2.45) is 7.05 Å². The number of carboxylic acids is 1. The number of carboxylic acid groups (broad SMARTS) is 1. The summed E-state index contributed by atoms with van der Waals surface area (Å²) in [6.07, 6.45) is 0. The van der Waals surface area contributed by atoms with Crippen LogP contribution in [0, 0.1) is 20.8 Å². The Bertz CT molecular complexity index is 637. The molecule has 0 amide bonds. The van der Waals surface area contributed by atoms with Crippen molar-refractivity contribution in [1.29, 1.82) is 0 Å². The van der Waals surface area contributed by atoms with Gasteiger partial charge in [-0.05, 0) is 27.7 Å². The summed E-state index contributed by atoms with van der Waals surface area (Å²) < 4.78 is 6.67.